The van der Waals surface area contributed by atoms with Gasteiger partial charge in [-0.05, 0) is 30.3 Å². The lowest BCUT2D eigenvalue weighted by molar-refractivity contribution is -0.384. The van der Waals surface area contributed by atoms with Crippen LogP contribution in [0.3, 0.4) is 0 Å². The Morgan fingerprint density at radius 3 is 2.52 bits per heavy atom. The van der Waals surface area contributed by atoms with Crippen LogP contribution in [0.5, 0.6) is 0 Å². The number of nitrogens with one attached hydrogen (secondary N) is 1. The number of carbonyl (C=O) groups is 1. The third kappa shape index (κ3) is 2.39. The zero-order valence-corrected chi connectivity index (χ0v) is 11.4. The molecule has 1 heterocycles. The van der Waals surface area contributed by atoms with Gasteiger partial charge in [-0.2, -0.15) is 0 Å². The molecule has 0 bridgehead atoms. The Labute approximate surface area is 124 Å². The predicted molar refractivity (Wildman–Crippen MR) is 79.8 cm³/mol. The molecule has 0 aliphatic heterocycles. The van der Waals surface area contributed by atoms with E-state index >= 15 is 0 Å². The fourth-order valence-corrected chi connectivity index (χ4v) is 2.29. The van der Waals surface area contributed by atoms with Crippen LogP contribution in [0.2, 0.25) is 5.02 Å². The number of benzene rings is 2. The first-order chi connectivity index (χ1) is 10.1. The fraction of sp³-hybridized carbons (Fsp3) is 0. The first-order valence-electron chi connectivity index (χ1n) is 6.12. The summed E-state index contributed by atoms with van der Waals surface area (Å²) in [5.41, 5.74) is 1.51. The van der Waals surface area contributed by atoms with Gasteiger partial charge in [-0.15, -0.1) is 0 Å². The predicted octanol–water partition coefficient (Wildman–Crippen LogP) is 3.96. The van der Waals surface area contributed by atoms with Crippen LogP contribution in [-0.4, -0.2) is 15.7 Å². The number of non-ortho nitro benzene ring substituents is 1. The molecule has 0 saturated heterocycles. The molecule has 21 heavy (non-hydrogen) atoms. The van der Waals surface area contributed by atoms with E-state index < -0.39 is 4.92 Å². The first-order valence-corrected chi connectivity index (χ1v) is 6.50. The number of fused-ring (bicyclic) bond motifs is 1. The van der Waals surface area contributed by atoms with Gasteiger partial charge in [0.15, 0.2) is 5.78 Å². The maximum Gasteiger partial charge on any atom is 0.270 e. The number of ketones is 1. The Kier molecular flexibility index (Phi) is 3.19. The van der Waals surface area contributed by atoms with Crippen LogP contribution in [-0.2, 0) is 0 Å². The molecule has 2 aromatic carbocycles. The molecule has 0 spiro atoms. The molecule has 3 aromatic rings. The molecule has 3 rings (SSSR count). The van der Waals surface area contributed by atoms with Crippen molar-refractivity contribution in [3.05, 3.63) is 74.9 Å². The molecule has 0 saturated carbocycles. The second-order valence-corrected chi connectivity index (χ2v) is 4.96. The van der Waals surface area contributed by atoms with Crippen molar-refractivity contribution in [2.45, 2.75) is 0 Å². The first kappa shape index (κ1) is 13.3. The summed E-state index contributed by atoms with van der Waals surface area (Å²) in [6, 6.07) is 10.9. The number of rotatable bonds is 3. The number of hydrogen-bond acceptors (Lipinski definition) is 3. The molecule has 0 atom stereocenters. The van der Waals surface area contributed by atoms with Gasteiger partial charge in [-0.1, -0.05) is 11.6 Å². The molecule has 1 N–H and O–H groups in total. The molecule has 1 aromatic heterocycles. The molecule has 104 valence electrons. The Bertz CT molecular complexity index is 853. The van der Waals surface area contributed by atoms with Gasteiger partial charge in [0.05, 0.1) is 4.92 Å². The number of nitro groups is 1. The average Bonchev–Trinajstić information content (AvgIpc) is 2.90. The third-order valence-electron chi connectivity index (χ3n) is 3.23. The van der Waals surface area contributed by atoms with Crippen LogP contribution in [0.25, 0.3) is 10.9 Å². The van der Waals surface area contributed by atoms with Gasteiger partial charge in [0.2, 0.25) is 0 Å². The molecular weight excluding hydrogens is 292 g/mol. The molecular formula is C15H9ClN2O3. The Hall–Kier alpha value is -2.66. The standard InChI is InChI=1S/C15H9ClN2O3/c16-10-3-1-9(2-4-10)15(19)13-8-17-14-6-5-11(18(20)21)7-12(13)14/h1-8,17H. The quantitative estimate of drug-likeness (QED) is 0.452. The summed E-state index contributed by atoms with van der Waals surface area (Å²) in [6.07, 6.45) is 1.56. The summed E-state index contributed by atoms with van der Waals surface area (Å²) in [4.78, 5) is 25.8. The molecule has 0 fully saturated rings. The summed E-state index contributed by atoms with van der Waals surface area (Å²) in [7, 11) is 0. The lowest BCUT2D eigenvalue weighted by Gasteiger charge is -2.00. The molecule has 0 amide bonds. The largest absolute Gasteiger partial charge is 0.360 e. The van der Waals surface area contributed by atoms with E-state index in [2.05, 4.69) is 4.98 Å². The minimum absolute atomic E-state index is 0.0488. The fourth-order valence-electron chi connectivity index (χ4n) is 2.17. The van der Waals surface area contributed by atoms with Crippen LogP contribution in [0.4, 0.5) is 5.69 Å². The van der Waals surface area contributed by atoms with Gasteiger partial charge in [-0.3, -0.25) is 14.9 Å². The summed E-state index contributed by atoms with van der Waals surface area (Å²) < 4.78 is 0. The van der Waals surface area contributed by atoms with Gasteiger partial charge in [0.1, 0.15) is 0 Å². The van der Waals surface area contributed by atoms with E-state index in [0.29, 0.717) is 27.1 Å². The topological polar surface area (TPSA) is 76.0 Å². The second-order valence-electron chi connectivity index (χ2n) is 4.53. The van der Waals surface area contributed by atoms with E-state index in [1.165, 1.54) is 12.1 Å². The zero-order valence-electron chi connectivity index (χ0n) is 10.7. The van der Waals surface area contributed by atoms with Crippen molar-refractivity contribution in [1.29, 1.82) is 0 Å². The van der Waals surface area contributed by atoms with Gasteiger partial charge in [0, 0.05) is 45.4 Å². The van der Waals surface area contributed by atoms with E-state index in [1.54, 1.807) is 36.5 Å². The van der Waals surface area contributed by atoms with Crippen molar-refractivity contribution in [3.63, 3.8) is 0 Å². The minimum Gasteiger partial charge on any atom is -0.360 e. The van der Waals surface area contributed by atoms with Crippen LogP contribution >= 0.6 is 11.6 Å². The minimum atomic E-state index is -0.483. The number of carbonyl (C=O) groups excluding carboxylic acids is 1. The SMILES string of the molecule is O=C(c1ccc(Cl)cc1)c1c[nH]c2ccc([N+](=O)[O-])cc12. The Morgan fingerprint density at radius 2 is 1.86 bits per heavy atom. The van der Waals surface area contributed by atoms with Gasteiger partial charge >= 0.3 is 0 Å². The lowest BCUT2D eigenvalue weighted by Crippen LogP contribution is -2.00. The summed E-state index contributed by atoms with van der Waals surface area (Å²) in [5.74, 6) is -0.210. The monoisotopic (exact) mass is 300 g/mol. The third-order valence-corrected chi connectivity index (χ3v) is 3.48. The molecule has 6 heteroatoms. The maximum absolute atomic E-state index is 12.5. The number of aromatic nitrogens is 1. The van der Waals surface area contributed by atoms with E-state index in [0.717, 1.165) is 0 Å². The van der Waals surface area contributed by atoms with Gasteiger partial charge in [-0.25, -0.2) is 0 Å². The molecule has 0 aliphatic rings. The van der Waals surface area contributed by atoms with E-state index in [9.17, 15) is 14.9 Å². The Balaban J connectivity index is 2.11. The van der Waals surface area contributed by atoms with E-state index in [1.807, 2.05) is 0 Å². The smallest absolute Gasteiger partial charge is 0.270 e. The summed E-state index contributed by atoms with van der Waals surface area (Å²) >= 11 is 5.80. The summed E-state index contributed by atoms with van der Waals surface area (Å²) in [6.45, 7) is 0. The van der Waals surface area contributed by atoms with Crippen LogP contribution in [0.1, 0.15) is 15.9 Å². The van der Waals surface area contributed by atoms with Crippen molar-refractivity contribution < 1.29 is 9.72 Å². The van der Waals surface area contributed by atoms with Crippen molar-refractivity contribution >= 4 is 34.0 Å². The van der Waals surface area contributed by atoms with Crippen LogP contribution < -0.4 is 0 Å². The number of halogens is 1. The zero-order chi connectivity index (χ0) is 15.0. The molecule has 0 aliphatic carbocycles. The number of nitrogens with zero attached hydrogens (tertiary/aromatic N) is 1. The highest BCUT2D eigenvalue weighted by Gasteiger charge is 2.16. The maximum atomic E-state index is 12.5. The number of H-pyrrole nitrogens is 1. The van der Waals surface area contributed by atoms with E-state index in [-0.39, 0.29) is 11.5 Å². The summed E-state index contributed by atoms with van der Waals surface area (Å²) in [5, 5.41) is 11.9. The normalized spacial score (nSPS) is 10.7. The lowest BCUT2D eigenvalue weighted by atomic mass is 10.0. The number of hydrogen-bond donors (Lipinski definition) is 1. The van der Waals surface area contributed by atoms with Crippen molar-refractivity contribution in [2.24, 2.45) is 0 Å². The van der Waals surface area contributed by atoms with Gasteiger partial charge in [0.25, 0.3) is 5.69 Å². The average molecular weight is 301 g/mol. The van der Waals surface area contributed by atoms with Crippen LogP contribution in [0, 0.1) is 10.1 Å². The number of nitro benzene ring substituents is 1. The van der Waals surface area contributed by atoms with Crippen LogP contribution in [0.15, 0.2) is 48.7 Å². The molecule has 0 radical (unpaired) electrons. The van der Waals surface area contributed by atoms with Gasteiger partial charge < -0.3 is 4.98 Å². The number of aromatic amines is 1. The molecule has 0 unspecified atom stereocenters. The van der Waals surface area contributed by atoms with Crippen molar-refractivity contribution in [3.8, 4) is 0 Å². The van der Waals surface area contributed by atoms with Crippen molar-refractivity contribution in [2.75, 3.05) is 0 Å². The molecule has 5 nitrogen and oxygen atoms in total. The van der Waals surface area contributed by atoms with E-state index in [4.69, 9.17) is 11.6 Å². The Morgan fingerprint density at radius 1 is 1.14 bits per heavy atom. The highest BCUT2D eigenvalue weighted by atomic mass is 35.5. The second kappa shape index (κ2) is 5.03. The van der Waals surface area contributed by atoms with Crippen molar-refractivity contribution in [1.82, 2.24) is 4.98 Å². The highest BCUT2D eigenvalue weighted by Crippen LogP contribution is 2.25. The highest BCUT2D eigenvalue weighted by molar-refractivity contribution is 6.30.